The highest BCUT2D eigenvalue weighted by atomic mass is 16.6. The Morgan fingerprint density at radius 3 is 2.00 bits per heavy atom. The summed E-state index contributed by atoms with van der Waals surface area (Å²) in [5, 5.41) is 10.1. The number of carboxylic acid groups (broad SMARTS) is 1. The van der Waals surface area contributed by atoms with E-state index in [1.807, 2.05) is 13.8 Å². The van der Waals surface area contributed by atoms with E-state index in [4.69, 9.17) is 9.47 Å². The van der Waals surface area contributed by atoms with Crippen molar-refractivity contribution >= 4 is 12.1 Å². The molecular weight excluding hydrogens is 298 g/mol. The summed E-state index contributed by atoms with van der Waals surface area (Å²) in [6.07, 6.45) is 1.25. The number of aliphatic carboxylic acids is 1. The number of carboxylic acids is 1. The van der Waals surface area contributed by atoms with Crippen LogP contribution in [-0.4, -0.2) is 50.5 Å². The first-order valence-electron chi connectivity index (χ1n) is 8.18. The van der Waals surface area contributed by atoms with Gasteiger partial charge in [-0.1, -0.05) is 0 Å². The maximum atomic E-state index is 12.8. The molecule has 1 unspecified atom stereocenters. The van der Waals surface area contributed by atoms with E-state index >= 15 is 0 Å². The highest BCUT2D eigenvalue weighted by Crippen LogP contribution is 2.52. The summed E-state index contributed by atoms with van der Waals surface area (Å²) in [5.74, 6) is -1.04. The molecule has 0 spiro atoms. The average Bonchev–Trinajstić information content (AvgIpc) is 3.03. The third kappa shape index (κ3) is 3.18. The van der Waals surface area contributed by atoms with Crippen LogP contribution in [0.15, 0.2) is 0 Å². The van der Waals surface area contributed by atoms with Gasteiger partial charge in [-0.15, -0.1) is 0 Å². The Bertz CT molecular complexity index is 516. The van der Waals surface area contributed by atoms with E-state index in [-0.39, 0.29) is 12.5 Å². The van der Waals surface area contributed by atoms with Crippen LogP contribution in [0.4, 0.5) is 4.79 Å². The summed E-state index contributed by atoms with van der Waals surface area (Å²) in [6.45, 7) is 12.6. The quantitative estimate of drug-likeness (QED) is 0.861. The normalized spacial score (nSPS) is 29.2. The van der Waals surface area contributed by atoms with Gasteiger partial charge in [0, 0.05) is 12.5 Å². The Morgan fingerprint density at radius 1 is 1.17 bits per heavy atom. The van der Waals surface area contributed by atoms with E-state index in [1.54, 1.807) is 34.6 Å². The van der Waals surface area contributed by atoms with Gasteiger partial charge in [0.1, 0.15) is 5.60 Å². The lowest BCUT2D eigenvalue weighted by atomic mass is 9.77. The van der Waals surface area contributed by atoms with E-state index in [0.29, 0.717) is 0 Å². The summed E-state index contributed by atoms with van der Waals surface area (Å²) < 4.78 is 11.5. The van der Waals surface area contributed by atoms with E-state index in [1.165, 1.54) is 4.90 Å². The molecule has 1 aliphatic carbocycles. The van der Waals surface area contributed by atoms with Crippen LogP contribution >= 0.6 is 0 Å². The van der Waals surface area contributed by atoms with Gasteiger partial charge < -0.3 is 14.6 Å². The molecule has 6 nitrogen and oxygen atoms in total. The van der Waals surface area contributed by atoms with E-state index in [0.717, 1.165) is 12.8 Å². The predicted molar refractivity (Wildman–Crippen MR) is 85.3 cm³/mol. The largest absolute Gasteiger partial charge is 0.479 e. The van der Waals surface area contributed by atoms with Crippen molar-refractivity contribution in [1.29, 1.82) is 0 Å². The summed E-state index contributed by atoms with van der Waals surface area (Å²) in [5.41, 5.74) is -3.75. The smallest absolute Gasteiger partial charge is 0.411 e. The number of hydrogen-bond donors (Lipinski definition) is 1. The van der Waals surface area contributed by atoms with Gasteiger partial charge in [0.05, 0.1) is 11.2 Å². The number of nitrogens with zero attached hydrogens (tertiary/aromatic N) is 1. The van der Waals surface area contributed by atoms with Crippen LogP contribution in [0.3, 0.4) is 0 Å². The summed E-state index contributed by atoms with van der Waals surface area (Å²) >= 11 is 0. The van der Waals surface area contributed by atoms with Crippen molar-refractivity contribution in [3.63, 3.8) is 0 Å². The number of ether oxygens (including phenoxy) is 2. The zero-order chi connectivity index (χ0) is 17.8. The van der Waals surface area contributed by atoms with Crippen LogP contribution < -0.4 is 0 Å². The molecular formula is C17H29NO5. The first-order valence-corrected chi connectivity index (χ1v) is 8.18. The minimum atomic E-state index is -1.43. The predicted octanol–water partition coefficient (Wildman–Crippen LogP) is 3.19. The molecule has 2 fully saturated rings. The molecule has 0 radical (unpaired) electrons. The van der Waals surface area contributed by atoms with Gasteiger partial charge in [-0.3, -0.25) is 4.90 Å². The van der Waals surface area contributed by atoms with Crippen LogP contribution in [-0.2, 0) is 14.3 Å². The second-order valence-corrected chi connectivity index (χ2v) is 8.80. The van der Waals surface area contributed by atoms with Crippen LogP contribution in [0.1, 0.15) is 67.7 Å². The van der Waals surface area contributed by atoms with Crippen molar-refractivity contribution < 1.29 is 24.2 Å². The Morgan fingerprint density at radius 2 is 1.70 bits per heavy atom. The molecule has 1 saturated heterocycles. The van der Waals surface area contributed by atoms with Crippen molar-refractivity contribution in [2.75, 3.05) is 0 Å². The van der Waals surface area contributed by atoms with Gasteiger partial charge in [-0.25, -0.2) is 9.59 Å². The van der Waals surface area contributed by atoms with Crippen LogP contribution in [0.2, 0.25) is 0 Å². The number of amides is 1. The van der Waals surface area contributed by atoms with Gasteiger partial charge in [0.15, 0.2) is 5.54 Å². The highest BCUT2D eigenvalue weighted by Gasteiger charge is 2.68. The monoisotopic (exact) mass is 327 g/mol. The molecule has 1 heterocycles. The molecule has 1 saturated carbocycles. The summed E-state index contributed by atoms with van der Waals surface area (Å²) in [6, 6.07) is -0.0993. The first kappa shape index (κ1) is 18.0. The maximum absolute atomic E-state index is 12.8. The molecule has 1 N–H and O–H groups in total. The molecule has 2 rings (SSSR count). The van der Waals surface area contributed by atoms with Gasteiger partial charge >= 0.3 is 12.1 Å². The van der Waals surface area contributed by atoms with Crippen molar-refractivity contribution in [2.45, 2.75) is 96.1 Å². The number of rotatable bonds is 3. The zero-order valence-electron chi connectivity index (χ0n) is 15.2. The van der Waals surface area contributed by atoms with Crippen LogP contribution in [0.5, 0.6) is 0 Å². The molecule has 0 aromatic heterocycles. The number of hydrogen-bond acceptors (Lipinski definition) is 4. The molecule has 2 aliphatic rings. The lowest BCUT2D eigenvalue weighted by Crippen LogP contribution is -2.67. The average molecular weight is 327 g/mol. The molecule has 0 aromatic rings. The van der Waals surface area contributed by atoms with E-state index < -0.39 is 34.4 Å². The topological polar surface area (TPSA) is 76.1 Å². The highest BCUT2D eigenvalue weighted by molar-refractivity contribution is 5.87. The molecule has 6 heteroatoms. The SMILES string of the molecule is CC(C)(C)OC(=O)N(C1CC1)C1(C(=O)O)CC(C)(C)OC1(C)C. The second-order valence-electron chi connectivity index (χ2n) is 8.80. The second kappa shape index (κ2) is 5.10. The lowest BCUT2D eigenvalue weighted by molar-refractivity contribution is -0.165. The van der Waals surface area contributed by atoms with Gasteiger partial charge in [-0.05, 0) is 61.3 Å². The summed E-state index contributed by atoms with van der Waals surface area (Å²) in [7, 11) is 0. The van der Waals surface area contributed by atoms with E-state index in [9.17, 15) is 14.7 Å². The molecule has 1 amide bonds. The molecule has 132 valence electrons. The Balaban J connectivity index is 2.49. The summed E-state index contributed by atoms with van der Waals surface area (Å²) in [4.78, 5) is 26.6. The molecule has 0 bridgehead atoms. The maximum Gasteiger partial charge on any atom is 0.411 e. The van der Waals surface area contributed by atoms with Crippen molar-refractivity contribution in [3.8, 4) is 0 Å². The van der Waals surface area contributed by atoms with Crippen molar-refractivity contribution in [3.05, 3.63) is 0 Å². The third-order valence-electron chi connectivity index (χ3n) is 4.48. The van der Waals surface area contributed by atoms with E-state index in [2.05, 4.69) is 0 Å². The lowest BCUT2D eigenvalue weighted by Gasteiger charge is -2.45. The Labute approximate surface area is 138 Å². The first-order chi connectivity index (χ1) is 10.2. The fraction of sp³-hybridized carbons (Fsp3) is 0.882. The minimum Gasteiger partial charge on any atom is -0.479 e. The number of carbonyl (C=O) groups is 2. The number of carbonyl (C=O) groups excluding carboxylic acids is 1. The van der Waals surface area contributed by atoms with Gasteiger partial charge in [0.2, 0.25) is 0 Å². The Hall–Kier alpha value is -1.30. The standard InChI is InChI=1S/C17H29NO5/c1-14(2,3)22-13(21)18(11-8-9-11)17(12(19)20)10-15(4,5)23-16(17,6)7/h11H,8-10H2,1-7H3,(H,19,20). The zero-order valence-corrected chi connectivity index (χ0v) is 15.2. The Kier molecular flexibility index (Phi) is 4.00. The fourth-order valence-electron chi connectivity index (χ4n) is 3.71. The van der Waals surface area contributed by atoms with Gasteiger partial charge in [0.25, 0.3) is 0 Å². The molecule has 1 atom stereocenters. The van der Waals surface area contributed by atoms with Crippen molar-refractivity contribution in [2.24, 2.45) is 0 Å². The van der Waals surface area contributed by atoms with Crippen LogP contribution in [0.25, 0.3) is 0 Å². The molecule has 1 aliphatic heterocycles. The van der Waals surface area contributed by atoms with Crippen LogP contribution in [0, 0.1) is 0 Å². The molecule has 0 aromatic carbocycles. The third-order valence-corrected chi connectivity index (χ3v) is 4.48. The van der Waals surface area contributed by atoms with Gasteiger partial charge in [-0.2, -0.15) is 0 Å². The van der Waals surface area contributed by atoms with Crippen molar-refractivity contribution in [1.82, 2.24) is 4.90 Å². The molecule has 23 heavy (non-hydrogen) atoms. The minimum absolute atomic E-state index is 0.0993. The fourth-order valence-corrected chi connectivity index (χ4v) is 3.71.